The zero-order chi connectivity index (χ0) is 48.6. The average Bonchev–Trinajstić information content (AvgIpc) is 3.66. The van der Waals surface area contributed by atoms with Crippen molar-refractivity contribution in [3.05, 3.63) is 209 Å². The molecule has 0 radical (unpaired) electrons. The van der Waals surface area contributed by atoms with E-state index >= 15 is 0 Å². The lowest BCUT2D eigenvalue weighted by atomic mass is 9.90. The van der Waals surface area contributed by atoms with Crippen LogP contribution in [0.2, 0.25) is 39.3 Å². The van der Waals surface area contributed by atoms with Crippen LogP contribution in [0.15, 0.2) is 170 Å². The maximum atomic E-state index is 9.71. The predicted molar refractivity (Wildman–Crippen MR) is 300 cm³/mol. The van der Waals surface area contributed by atoms with Crippen molar-refractivity contribution < 1.29 is 0 Å². The lowest BCUT2D eigenvalue weighted by Crippen LogP contribution is -2.63. The molecule has 340 valence electrons. The van der Waals surface area contributed by atoms with Crippen LogP contribution in [-0.2, 0) is 4.66 Å². The highest BCUT2D eigenvalue weighted by molar-refractivity contribution is 7.00. The van der Waals surface area contributed by atoms with E-state index in [1.165, 1.54) is 65.7 Å². The lowest BCUT2D eigenvalue weighted by molar-refractivity contribution is 0.866. The molecule has 9 aromatic carbocycles. The number of benzene rings is 9. The number of nitrogens with zero attached hydrogens (tertiary/aromatic N) is 4. The summed E-state index contributed by atoms with van der Waals surface area (Å²) in [7, 11) is -4.29. The zero-order valence-corrected chi connectivity index (χ0v) is 43.6. The Bertz CT molecular complexity index is 3510. The van der Waals surface area contributed by atoms with E-state index in [0.29, 0.717) is 23.1 Å². The van der Waals surface area contributed by atoms with Crippen molar-refractivity contribution in [2.24, 2.45) is 0 Å². The molecule has 0 aromatic heterocycles. The molecule has 0 heterocycles. The molecule has 0 bridgehead atoms. The van der Waals surface area contributed by atoms with E-state index in [4.69, 9.17) is 6.57 Å². The van der Waals surface area contributed by atoms with Gasteiger partial charge in [-0.3, -0.25) is 0 Å². The first kappa shape index (κ1) is 45.6. The summed E-state index contributed by atoms with van der Waals surface area (Å²) >= 11 is 0. The third kappa shape index (κ3) is 7.46. The van der Waals surface area contributed by atoms with Crippen molar-refractivity contribution >= 4 is 88.3 Å². The molecule has 0 N–H and O–H groups in total. The van der Waals surface area contributed by atoms with Gasteiger partial charge in [-0.25, -0.2) is 4.85 Å². The molecule has 0 aliphatic heterocycles. The summed E-state index contributed by atoms with van der Waals surface area (Å²) in [6, 6.07) is 64.6. The van der Waals surface area contributed by atoms with Gasteiger partial charge in [-0.1, -0.05) is 146 Å². The Kier molecular flexibility index (Phi) is 11.3. The van der Waals surface area contributed by atoms with Gasteiger partial charge in [0.2, 0.25) is 0 Å². The van der Waals surface area contributed by atoms with Gasteiger partial charge >= 0.3 is 0 Å². The second-order valence-electron chi connectivity index (χ2n) is 21.7. The number of fused-ring (bicyclic) bond motifs is 9. The van der Waals surface area contributed by atoms with Crippen molar-refractivity contribution in [2.45, 2.75) is 83.5 Å². The van der Waals surface area contributed by atoms with Crippen LogP contribution in [-0.4, -0.2) is 16.1 Å². The van der Waals surface area contributed by atoms with Crippen LogP contribution >= 0.6 is 0 Å². The van der Waals surface area contributed by atoms with Gasteiger partial charge < -0.3 is 9.80 Å². The van der Waals surface area contributed by atoms with Crippen LogP contribution in [0.1, 0.15) is 67.3 Å². The van der Waals surface area contributed by atoms with Crippen molar-refractivity contribution in [1.29, 1.82) is 5.26 Å². The molecule has 0 amide bonds. The van der Waals surface area contributed by atoms with Gasteiger partial charge in [0.1, 0.15) is 0 Å². The van der Waals surface area contributed by atoms with Crippen molar-refractivity contribution in [3.63, 3.8) is 0 Å². The summed E-state index contributed by atoms with van der Waals surface area (Å²) in [6.07, 6.45) is 0. The number of anilines is 6. The normalized spacial score (nSPS) is 13.1. The SMILES string of the molecule is [C-]#[N+]c1ccc(N(c2ccc(C(C)C)cc2)c2ccc3c4c(c5ccccc5c3c2)-c2cc3ccc(N(c5ccc(C#N)cc5)c5ccc(C(C)C)cc5)cc3cc2C4([Si](C)(C)C)[Si](C)(C)C)cc1. The fourth-order valence-corrected chi connectivity index (χ4v) is 25.1. The third-order valence-corrected chi connectivity index (χ3v) is 25.0. The lowest BCUT2D eigenvalue weighted by Gasteiger charge is -2.51. The van der Waals surface area contributed by atoms with Gasteiger partial charge in [-0.2, -0.15) is 5.26 Å². The second kappa shape index (κ2) is 17.1. The molecule has 0 spiro atoms. The number of hydrogen-bond acceptors (Lipinski definition) is 3. The van der Waals surface area contributed by atoms with E-state index in [1.54, 1.807) is 0 Å². The summed E-state index contributed by atoms with van der Waals surface area (Å²) < 4.78 is -0.139. The highest BCUT2D eigenvalue weighted by atomic mass is 28.4. The molecule has 0 unspecified atom stereocenters. The largest absolute Gasteiger partial charge is 0.311 e. The molecular formula is C63H60N4Si2. The fraction of sp³-hybridized carbons (Fsp3) is 0.206. The highest BCUT2D eigenvalue weighted by Gasteiger charge is 2.60. The maximum absolute atomic E-state index is 9.71. The third-order valence-electron chi connectivity index (χ3n) is 14.9. The summed E-state index contributed by atoms with van der Waals surface area (Å²) in [4.78, 5) is 8.40. The van der Waals surface area contributed by atoms with Crippen LogP contribution in [0.4, 0.5) is 39.8 Å². The molecule has 0 fully saturated rings. The molecule has 69 heavy (non-hydrogen) atoms. The van der Waals surface area contributed by atoms with Crippen molar-refractivity contribution in [1.82, 2.24) is 0 Å². The maximum Gasteiger partial charge on any atom is 0.187 e. The van der Waals surface area contributed by atoms with E-state index in [-0.39, 0.29) is 4.66 Å². The standard InChI is InChI=1S/C63H60N4Si2/c1-41(2)44-18-27-50(28-19-44)66(49-25-16-43(40-64)17-26-49)53-31-22-46-37-59-60(38-47(46)36-53)63(68(6,7)8,69(9,10)11)62-57-35-34-54(39-58(57)55-14-12-13-15-56(55)61(59)62)67(52-32-23-48(65-5)24-33-52)51-29-20-45(21-30-51)42(3)4/h12-39,41-42H,1-4,6-11H3. The average molecular weight is 929 g/mol. The first-order valence-corrected chi connectivity index (χ1v) is 31.4. The molecule has 10 rings (SSSR count). The van der Waals surface area contributed by atoms with Gasteiger partial charge in [0.05, 0.1) is 34.4 Å². The number of hydrogen-bond donors (Lipinski definition) is 0. The van der Waals surface area contributed by atoms with E-state index in [9.17, 15) is 5.26 Å². The minimum atomic E-state index is -2.14. The predicted octanol–water partition coefficient (Wildman–Crippen LogP) is 18.8. The van der Waals surface area contributed by atoms with Crippen molar-refractivity contribution in [3.8, 4) is 17.2 Å². The molecule has 6 heteroatoms. The molecule has 0 saturated heterocycles. The Morgan fingerprint density at radius 2 is 0.971 bits per heavy atom. The molecule has 1 aliphatic rings. The monoisotopic (exact) mass is 928 g/mol. The summed E-state index contributed by atoms with van der Waals surface area (Å²) in [5, 5.41) is 17.3. The minimum absolute atomic E-state index is 0.139. The van der Waals surface area contributed by atoms with E-state index in [1.807, 2.05) is 24.3 Å². The number of nitriles is 1. The summed E-state index contributed by atoms with van der Waals surface area (Å²) in [5.74, 6) is 0.859. The smallest absolute Gasteiger partial charge is 0.187 e. The Labute approximate surface area is 411 Å². The van der Waals surface area contributed by atoms with E-state index in [2.05, 4.69) is 233 Å². The minimum Gasteiger partial charge on any atom is -0.311 e. The van der Waals surface area contributed by atoms with Crippen LogP contribution in [0.3, 0.4) is 0 Å². The van der Waals surface area contributed by atoms with Crippen LogP contribution in [0.5, 0.6) is 0 Å². The second-order valence-corrected chi connectivity index (χ2v) is 32.7. The van der Waals surface area contributed by atoms with Gasteiger partial charge in [-0.05, 0) is 169 Å². The fourth-order valence-electron chi connectivity index (χ4n) is 12.0. The van der Waals surface area contributed by atoms with E-state index in [0.717, 1.165) is 34.1 Å². The molecule has 1 aliphatic carbocycles. The first-order valence-electron chi connectivity index (χ1n) is 24.4. The molecular weight excluding hydrogens is 869 g/mol. The quantitative estimate of drug-likeness (QED) is 0.0779. The van der Waals surface area contributed by atoms with Crippen LogP contribution in [0.25, 0.3) is 48.3 Å². The Morgan fingerprint density at radius 1 is 0.493 bits per heavy atom. The molecule has 0 atom stereocenters. The Morgan fingerprint density at radius 3 is 1.48 bits per heavy atom. The van der Waals surface area contributed by atoms with Crippen LogP contribution < -0.4 is 9.80 Å². The molecule has 0 saturated carbocycles. The van der Waals surface area contributed by atoms with Gasteiger partial charge in [0, 0.05) is 38.8 Å². The van der Waals surface area contributed by atoms with Gasteiger partial charge in [0.15, 0.2) is 5.69 Å². The molecule has 4 nitrogen and oxygen atoms in total. The van der Waals surface area contributed by atoms with Gasteiger partial charge in [-0.15, -0.1) is 0 Å². The Hall–Kier alpha value is -7.23. The van der Waals surface area contributed by atoms with E-state index < -0.39 is 16.1 Å². The Balaban J connectivity index is 1.22. The highest BCUT2D eigenvalue weighted by Crippen LogP contribution is 2.62. The van der Waals surface area contributed by atoms with Crippen LogP contribution in [0, 0.1) is 17.9 Å². The molecule has 9 aromatic rings. The first-order chi connectivity index (χ1) is 33.0. The zero-order valence-electron chi connectivity index (χ0n) is 41.6. The van der Waals surface area contributed by atoms with Crippen molar-refractivity contribution in [2.75, 3.05) is 9.80 Å². The topological polar surface area (TPSA) is 34.6 Å². The number of rotatable bonds is 10. The summed E-state index contributed by atoms with van der Waals surface area (Å²) in [6.45, 7) is 32.3. The summed E-state index contributed by atoms with van der Waals surface area (Å²) in [5.41, 5.74) is 16.0. The van der Waals surface area contributed by atoms with Gasteiger partial charge in [0.25, 0.3) is 0 Å².